The molecule has 1 aliphatic heterocycles. The Morgan fingerprint density at radius 3 is 2.62 bits per heavy atom. The molecule has 2 aromatic rings. The summed E-state index contributed by atoms with van der Waals surface area (Å²) in [6.45, 7) is 7.97. The van der Waals surface area contributed by atoms with E-state index in [4.69, 9.17) is 4.74 Å². The van der Waals surface area contributed by atoms with Crippen LogP contribution in [0, 0.1) is 13.8 Å². The van der Waals surface area contributed by atoms with Gasteiger partial charge in [0.05, 0.1) is 7.11 Å². The van der Waals surface area contributed by atoms with Gasteiger partial charge in [0.2, 0.25) is 5.95 Å². The highest BCUT2D eigenvalue weighted by Crippen LogP contribution is 2.26. The molecule has 3 rings (SSSR count). The molecule has 6 nitrogen and oxygen atoms in total. The molecule has 6 heteroatoms. The highest BCUT2D eigenvalue weighted by Gasteiger charge is 2.28. The predicted octanol–water partition coefficient (Wildman–Crippen LogP) is 2.18. The summed E-state index contributed by atoms with van der Waals surface area (Å²) in [7, 11) is 1.71. The van der Waals surface area contributed by atoms with Gasteiger partial charge < -0.3 is 14.7 Å². The lowest BCUT2D eigenvalue weighted by Crippen LogP contribution is -2.53. The fourth-order valence-corrected chi connectivity index (χ4v) is 3.62. The first-order valence-corrected chi connectivity index (χ1v) is 9.14. The van der Waals surface area contributed by atoms with E-state index in [0.717, 1.165) is 44.3 Å². The summed E-state index contributed by atoms with van der Waals surface area (Å²) in [5, 5.41) is 9.53. The van der Waals surface area contributed by atoms with Crippen molar-refractivity contribution in [2.45, 2.75) is 32.9 Å². The molecule has 1 saturated heterocycles. The largest absolute Gasteiger partial charge is 0.496 e. The number of anilines is 1. The van der Waals surface area contributed by atoms with E-state index in [1.165, 1.54) is 16.7 Å². The lowest BCUT2D eigenvalue weighted by molar-refractivity contribution is 0.134. The maximum atomic E-state index is 9.53. The summed E-state index contributed by atoms with van der Waals surface area (Å²) in [6.07, 6.45) is 4.30. The summed E-state index contributed by atoms with van der Waals surface area (Å²) in [6, 6.07) is 6.32. The van der Waals surface area contributed by atoms with Crippen molar-refractivity contribution in [2.24, 2.45) is 0 Å². The maximum absolute atomic E-state index is 9.53. The minimum Gasteiger partial charge on any atom is -0.496 e. The van der Waals surface area contributed by atoms with Crippen LogP contribution >= 0.6 is 0 Å². The fourth-order valence-electron chi connectivity index (χ4n) is 3.62. The number of aliphatic hydroxyl groups is 1. The molecule has 2 heterocycles. The molecule has 1 unspecified atom stereocenters. The first-order chi connectivity index (χ1) is 12.6. The first-order valence-electron chi connectivity index (χ1n) is 9.14. The minimum absolute atomic E-state index is 0.186. The Morgan fingerprint density at radius 1 is 1.15 bits per heavy atom. The zero-order valence-electron chi connectivity index (χ0n) is 15.9. The zero-order chi connectivity index (χ0) is 18.5. The van der Waals surface area contributed by atoms with Crippen molar-refractivity contribution < 1.29 is 9.84 Å². The molecule has 0 amide bonds. The number of nitrogens with zero attached hydrogens (tertiary/aromatic N) is 4. The van der Waals surface area contributed by atoms with Crippen molar-refractivity contribution in [3.63, 3.8) is 0 Å². The Labute approximate surface area is 155 Å². The molecule has 1 aromatic heterocycles. The van der Waals surface area contributed by atoms with Gasteiger partial charge in [0.25, 0.3) is 0 Å². The van der Waals surface area contributed by atoms with Gasteiger partial charge in [-0.05, 0) is 49.1 Å². The lowest BCUT2D eigenvalue weighted by atomic mass is 10.00. The van der Waals surface area contributed by atoms with Crippen LogP contribution in [0.4, 0.5) is 5.95 Å². The Hall–Kier alpha value is -2.18. The number of hydrogen-bond donors (Lipinski definition) is 1. The summed E-state index contributed by atoms with van der Waals surface area (Å²) in [4.78, 5) is 13.4. The van der Waals surface area contributed by atoms with Crippen molar-refractivity contribution in [3.8, 4) is 5.75 Å². The molecule has 1 fully saturated rings. The van der Waals surface area contributed by atoms with Crippen molar-refractivity contribution >= 4 is 5.95 Å². The van der Waals surface area contributed by atoms with Gasteiger partial charge in [0, 0.05) is 51.2 Å². The van der Waals surface area contributed by atoms with Gasteiger partial charge in [0.1, 0.15) is 5.75 Å². The molecule has 1 aromatic carbocycles. The van der Waals surface area contributed by atoms with E-state index < -0.39 is 0 Å². The predicted molar refractivity (Wildman–Crippen MR) is 103 cm³/mol. The number of ether oxygens (including phenoxy) is 1. The molecule has 1 aliphatic rings. The molecule has 0 spiro atoms. The second kappa shape index (κ2) is 8.47. The molecule has 140 valence electrons. The van der Waals surface area contributed by atoms with E-state index in [1.807, 2.05) is 12.1 Å². The van der Waals surface area contributed by atoms with Gasteiger partial charge >= 0.3 is 0 Å². The summed E-state index contributed by atoms with van der Waals surface area (Å²) in [5.41, 5.74) is 3.79. The van der Waals surface area contributed by atoms with Crippen molar-refractivity contribution in [1.29, 1.82) is 0 Å². The number of aromatic nitrogens is 2. The first kappa shape index (κ1) is 18.6. The highest BCUT2D eigenvalue weighted by atomic mass is 16.5. The van der Waals surface area contributed by atoms with Crippen molar-refractivity contribution in [2.75, 3.05) is 38.3 Å². The second-order valence-electron chi connectivity index (χ2n) is 6.81. The number of rotatable bonds is 6. The Balaban J connectivity index is 1.75. The van der Waals surface area contributed by atoms with Crippen LogP contribution in [0.15, 0.2) is 30.6 Å². The van der Waals surface area contributed by atoms with Crippen molar-refractivity contribution in [3.05, 3.63) is 47.3 Å². The van der Waals surface area contributed by atoms with Crippen LogP contribution in [0.3, 0.4) is 0 Å². The minimum atomic E-state index is 0.186. The summed E-state index contributed by atoms with van der Waals surface area (Å²) in [5.74, 6) is 1.70. The molecule has 0 radical (unpaired) electrons. The van der Waals surface area contributed by atoms with E-state index in [9.17, 15) is 5.11 Å². The molecule has 0 bridgehead atoms. The SMILES string of the molecule is COc1ccc(CN2CCN(c3ncccn3)CC2CCO)c(C)c1C. The standard InChI is InChI=1S/C20H28N4O2/c1-15-16(2)19(26-3)6-5-17(15)13-23-10-11-24(14-18(23)7-12-25)20-21-8-4-9-22-20/h4-6,8-9,18,25H,7,10-14H2,1-3H3. The zero-order valence-corrected chi connectivity index (χ0v) is 15.9. The third-order valence-electron chi connectivity index (χ3n) is 5.34. The average molecular weight is 356 g/mol. The van der Waals surface area contributed by atoms with E-state index >= 15 is 0 Å². The van der Waals surface area contributed by atoms with Gasteiger partial charge in [-0.2, -0.15) is 0 Å². The molecule has 1 atom stereocenters. The third-order valence-corrected chi connectivity index (χ3v) is 5.34. The number of piperazine rings is 1. The fraction of sp³-hybridized carbons (Fsp3) is 0.500. The van der Waals surface area contributed by atoms with Crippen LogP contribution in [0.25, 0.3) is 0 Å². The molecule has 0 saturated carbocycles. The Kier molecular flexibility index (Phi) is 6.06. The second-order valence-corrected chi connectivity index (χ2v) is 6.81. The van der Waals surface area contributed by atoms with Crippen molar-refractivity contribution in [1.82, 2.24) is 14.9 Å². The number of aliphatic hydroxyl groups excluding tert-OH is 1. The highest BCUT2D eigenvalue weighted by molar-refractivity contribution is 5.43. The van der Waals surface area contributed by atoms with E-state index in [0.29, 0.717) is 0 Å². The van der Waals surface area contributed by atoms with Crippen LogP contribution < -0.4 is 9.64 Å². The van der Waals surface area contributed by atoms with Crippen LogP contribution in [0.5, 0.6) is 5.75 Å². The van der Waals surface area contributed by atoms with Crippen LogP contribution in [-0.2, 0) is 6.54 Å². The lowest BCUT2D eigenvalue weighted by Gasteiger charge is -2.41. The number of methoxy groups -OCH3 is 1. The number of benzene rings is 1. The van der Waals surface area contributed by atoms with Crippen LogP contribution in [0.1, 0.15) is 23.1 Å². The van der Waals surface area contributed by atoms with Gasteiger partial charge in [-0.1, -0.05) is 6.07 Å². The number of hydrogen-bond acceptors (Lipinski definition) is 6. The average Bonchev–Trinajstić information content (AvgIpc) is 2.68. The molecular weight excluding hydrogens is 328 g/mol. The molecule has 1 N–H and O–H groups in total. The van der Waals surface area contributed by atoms with E-state index in [2.05, 4.69) is 39.7 Å². The Bertz CT molecular complexity index is 723. The summed E-state index contributed by atoms with van der Waals surface area (Å²) >= 11 is 0. The van der Waals surface area contributed by atoms with Crippen LogP contribution in [0.2, 0.25) is 0 Å². The summed E-state index contributed by atoms with van der Waals surface area (Å²) < 4.78 is 5.43. The van der Waals surface area contributed by atoms with Gasteiger partial charge in [-0.15, -0.1) is 0 Å². The molecule has 26 heavy (non-hydrogen) atoms. The van der Waals surface area contributed by atoms with Gasteiger partial charge in [-0.25, -0.2) is 9.97 Å². The normalized spacial score (nSPS) is 18.2. The van der Waals surface area contributed by atoms with E-state index in [-0.39, 0.29) is 12.6 Å². The molecular formula is C20H28N4O2. The van der Waals surface area contributed by atoms with Crippen LogP contribution in [-0.4, -0.2) is 59.4 Å². The quantitative estimate of drug-likeness (QED) is 0.856. The smallest absolute Gasteiger partial charge is 0.225 e. The Morgan fingerprint density at radius 2 is 1.92 bits per heavy atom. The topological polar surface area (TPSA) is 61.7 Å². The molecule has 0 aliphatic carbocycles. The van der Waals surface area contributed by atoms with Gasteiger partial charge in [-0.3, -0.25) is 4.90 Å². The third kappa shape index (κ3) is 3.97. The van der Waals surface area contributed by atoms with Gasteiger partial charge in [0.15, 0.2) is 0 Å². The monoisotopic (exact) mass is 356 g/mol. The maximum Gasteiger partial charge on any atom is 0.225 e. The van der Waals surface area contributed by atoms with E-state index in [1.54, 1.807) is 19.5 Å².